The highest BCUT2D eigenvalue weighted by molar-refractivity contribution is 6.60. The number of nitrogens with one attached hydrogen (secondary N) is 1. The quantitative estimate of drug-likeness (QED) is 0.0744. The van der Waals surface area contributed by atoms with Gasteiger partial charge < -0.3 is 23.3 Å². The van der Waals surface area contributed by atoms with E-state index in [1.165, 1.54) is 0 Å². The SMILES string of the molecule is CCO[Si](CCCNC(=O)CCC(=O)OCCC(F)(F)C(F)(F)C(F)(F)C(F)(F)C(F)(F)C(F)(F)F)(OCC)OCC. The van der Waals surface area contributed by atoms with E-state index in [0.29, 0.717) is 32.3 Å². The average molecular weight is 668 g/mol. The number of carbonyl (C=O) groups is 2. The van der Waals surface area contributed by atoms with Crippen molar-refractivity contribution in [3.8, 4) is 0 Å². The third-order valence-electron chi connectivity index (χ3n) is 5.31. The third kappa shape index (κ3) is 9.31. The standard InChI is InChI=1S/C21H30F13NO6Si/c1-4-39-42(40-5-2,41-6-3)13-7-11-35-14(36)8-9-15(37)38-12-10-16(22,23)17(24,25)18(26,27)19(28,29)20(30,31)21(32,33)34/h4-13H2,1-3H3,(H,35,36). The van der Waals surface area contributed by atoms with E-state index < -0.39 is 82.3 Å². The highest BCUT2D eigenvalue weighted by Gasteiger charge is 2.90. The van der Waals surface area contributed by atoms with E-state index in [0.717, 1.165) is 0 Å². The van der Waals surface area contributed by atoms with Crippen molar-refractivity contribution in [2.75, 3.05) is 33.0 Å². The fourth-order valence-corrected chi connectivity index (χ4v) is 5.77. The third-order valence-corrected chi connectivity index (χ3v) is 8.46. The summed E-state index contributed by atoms with van der Waals surface area (Å²) in [6.45, 7) is 4.24. The number of esters is 1. The Labute approximate surface area is 232 Å². The Hall–Kier alpha value is -1.87. The van der Waals surface area contributed by atoms with Crippen LogP contribution in [0.15, 0.2) is 0 Å². The summed E-state index contributed by atoms with van der Waals surface area (Å²) in [7, 11) is -3.00. The molecule has 0 fully saturated rings. The average Bonchev–Trinajstić information content (AvgIpc) is 2.84. The summed E-state index contributed by atoms with van der Waals surface area (Å²) in [6.07, 6.45) is -11.4. The molecule has 250 valence electrons. The van der Waals surface area contributed by atoms with Gasteiger partial charge in [0.15, 0.2) is 0 Å². The van der Waals surface area contributed by atoms with E-state index in [4.69, 9.17) is 13.3 Å². The van der Waals surface area contributed by atoms with Gasteiger partial charge in [-0.05, 0) is 27.2 Å². The van der Waals surface area contributed by atoms with Crippen molar-refractivity contribution >= 4 is 20.7 Å². The van der Waals surface area contributed by atoms with Crippen LogP contribution in [0.5, 0.6) is 0 Å². The summed E-state index contributed by atoms with van der Waals surface area (Å²) in [5, 5.41) is 2.38. The molecule has 0 bridgehead atoms. The van der Waals surface area contributed by atoms with Gasteiger partial charge in [-0.3, -0.25) is 9.59 Å². The van der Waals surface area contributed by atoms with Crippen molar-refractivity contribution in [3.63, 3.8) is 0 Å². The minimum atomic E-state index is -8.01. The van der Waals surface area contributed by atoms with E-state index in [1.807, 2.05) is 0 Å². The van der Waals surface area contributed by atoms with Crippen molar-refractivity contribution in [1.82, 2.24) is 5.32 Å². The summed E-state index contributed by atoms with van der Waals surface area (Å²) >= 11 is 0. The van der Waals surface area contributed by atoms with E-state index in [-0.39, 0.29) is 6.54 Å². The second kappa shape index (κ2) is 15.2. The number of ether oxygens (including phenoxy) is 1. The molecule has 0 spiro atoms. The molecule has 0 saturated heterocycles. The molecule has 0 heterocycles. The van der Waals surface area contributed by atoms with Crippen LogP contribution in [0.3, 0.4) is 0 Å². The molecule has 0 aliphatic carbocycles. The van der Waals surface area contributed by atoms with E-state index in [9.17, 15) is 66.7 Å². The second-order valence-electron chi connectivity index (χ2n) is 8.41. The Morgan fingerprint density at radius 2 is 1.12 bits per heavy atom. The van der Waals surface area contributed by atoms with Crippen LogP contribution >= 0.6 is 0 Å². The molecular weight excluding hydrogens is 637 g/mol. The number of alkyl halides is 13. The van der Waals surface area contributed by atoms with E-state index in [1.54, 1.807) is 20.8 Å². The molecule has 0 atom stereocenters. The fraction of sp³-hybridized carbons (Fsp3) is 0.905. The predicted octanol–water partition coefficient (Wildman–Crippen LogP) is 5.99. The zero-order valence-corrected chi connectivity index (χ0v) is 23.4. The summed E-state index contributed by atoms with van der Waals surface area (Å²) in [5.74, 6) is -39.8. The number of hydrogen-bond donors (Lipinski definition) is 1. The van der Waals surface area contributed by atoms with Crippen LogP contribution in [-0.2, 0) is 27.6 Å². The zero-order chi connectivity index (χ0) is 33.3. The van der Waals surface area contributed by atoms with Crippen LogP contribution in [0.1, 0.15) is 46.5 Å². The van der Waals surface area contributed by atoms with Gasteiger partial charge in [0.05, 0.1) is 19.4 Å². The molecule has 0 aliphatic rings. The van der Waals surface area contributed by atoms with Gasteiger partial charge in [0.2, 0.25) is 5.91 Å². The molecule has 0 saturated carbocycles. The fourth-order valence-electron chi connectivity index (χ4n) is 3.16. The number of halogens is 13. The molecule has 1 amide bonds. The molecular formula is C21H30F13NO6Si. The van der Waals surface area contributed by atoms with Gasteiger partial charge in [0.25, 0.3) is 0 Å². The van der Waals surface area contributed by atoms with Gasteiger partial charge >= 0.3 is 50.6 Å². The van der Waals surface area contributed by atoms with Crippen molar-refractivity contribution in [2.24, 2.45) is 0 Å². The molecule has 0 aromatic heterocycles. The van der Waals surface area contributed by atoms with Crippen molar-refractivity contribution < 1.29 is 84.7 Å². The van der Waals surface area contributed by atoms with Gasteiger partial charge in [-0.15, -0.1) is 0 Å². The van der Waals surface area contributed by atoms with E-state index in [2.05, 4.69) is 10.1 Å². The molecule has 0 aromatic rings. The van der Waals surface area contributed by atoms with Gasteiger partial charge in [-0.25, -0.2) is 0 Å². The lowest BCUT2D eigenvalue weighted by molar-refractivity contribution is -0.440. The molecule has 21 heteroatoms. The maximum atomic E-state index is 13.7. The zero-order valence-electron chi connectivity index (χ0n) is 22.4. The topological polar surface area (TPSA) is 83.1 Å². The van der Waals surface area contributed by atoms with Gasteiger partial charge in [-0.1, -0.05) is 0 Å². The van der Waals surface area contributed by atoms with Gasteiger partial charge in [-0.2, -0.15) is 57.1 Å². The maximum Gasteiger partial charge on any atom is 0.500 e. The highest BCUT2D eigenvalue weighted by atomic mass is 28.4. The predicted molar refractivity (Wildman–Crippen MR) is 119 cm³/mol. The second-order valence-corrected chi connectivity index (χ2v) is 11.1. The smallest absolute Gasteiger partial charge is 0.465 e. The van der Waals surface area contributed by atoms with Crippen LogP contribution in [0.25, 0.3) is 0 Å². The summed E-state index contributed by atoms with van der Waals surface area (Å²) in [4.78, 5) is 23.4. The lowest BCUT2D eigenvalue weighted by Gasteiger charge is -2.39. The normalized spacial score (nSPS) is 14.2. The van der Waals surface area contributed by atoms with Gasteiger partial charge in [0, 0.05) is 38.8 Å². The lowest BCUT2D eigenvalue weighted by atomic mass is 9.93. The largest absolute Gasteiger partial charge is 0.500 e. The molecule has 0 radical (unpaired) electrons. The first-order chi connectivity index (χ1) is 18.9. The van der Waals surface area contributed by atoms with E-state index >= 15 is 0 Å². The molecule has 0 unspecified atom stereocenters. The molecule has 7 nitrogen and oxygen atoms in total. The molecule has 1 N–H and O–H groups in total. The van der Waals surface area contributed by atoms with Gasteiger partial charge in [0.1, 0.15) is 0 Å². The summed E-state index contributed by atoms with van der Waals surface area (Å²) in [6, 6.07) is 0.308. The van der Waals surface area contributed by atoms with Crippen LogP contribution in [0, 0.1) is 0 Å². The Bertz CT molecular complexity index is 857. The molecule has 0 aromatic carbocycles. The number of hydrogen-bond acceptors (Lipinski definition) is 6. The first-order valence-electron chi connectivity index (χ1n) is 12.2. The maximum absolute atomic E-state index is 13.7. The Balaban J connectivity index is 4.94. The summed E-state index contributed by atoms with van der Waals surface area (Å²) < 4.78 is 191. The Morgan fingerprint density at radius 1 is 0.667 bits per heavy atom. The number of amides is 1. The van der Waals surface area contributed by atoms with Crippen LogP contribution in [-0.4, -0.2) is 89.4 Å². The molecule has 42 heavy (non-hydrogen) atoms. The van der Waals surface area contributed by atoms with Crippen molar-refractivity contribution in [2.45, 2.75) is 88.3 Å². The first kappa shape index (κ1) is 40.1. The van der Waals surface area contributed by atoms with Crippen LogP contribution in [0.2, 0.25) is 6.04 Å². The number of rotatable bonds is 20. The minimum Gasteiger partial charge on any atom is -0.465 e. The minimum absolute atomic E-state index is 0.0450. The first-order valence-corrected chi connectivity index (χ1v) is 14.2. The van der Waals surface area contributed by atoms with Crippen LogP contribution < -0.4 is 5.32 Å². The summed E-state index contributed by atoms with van der Waals surface area (Å²) in [5.41, 5.74) is 0. The lowest BCUT2D eigenvalue weighted by Crippen LogP contribution is -2.70. The number of carbonyl (C=O) groups excluding carboxylic acids is 2. The highest BCUT2D eigenvalue weighted by Crippen LogP contribution is 2.60. The Morgan fingerprint density at radius 3 is 1.55 bits per heavy atom. The monoisotopic (exact) mass is 667 g/mol. The molecule has 0 rings (SSSR count). The van der Waals surface area contributed by atoms with Crippen molar-refractivity contribution in [1.29, 1.82) is 0 Å². The Kier molecular flexibility index (Phi) is 14.5. The van der Waals surface area contributed by atoms with Crippen molar-refractivity contribution in [3.05, 3.63) is 0 Å². The molecule has 0 aliphatic heterocycles. The van der Waals surface area contributed by atoms with Crippen LogP contribution in [0.4, 0.5) is 57.1 Å².